The molecular weight excluding hydrogens is 1240 g/mol. The number of carbonyl (C=O) groups excluding carboxylic acids is 2. The van der Waals surface area contributed by atoms with Crippen molar-refractivity contribution in [3.8, 4) is 0 Å². The van der Waals surface area contributed by atoms with Crippen LogP contribution in [0.3, 0.4) is 0 Å². The van der Waals surface area contributed by atoms with Crippen molar-refractivity contribution in [1.82, 2.24) is 5.32 Å². The Morgan fingerprint density at radius 2 is 0.670 bits per heavy atom. The molecule has 6 N–H and O–H groups in total. The van der Waals surface area contributed by atoms with Gasteiger partial charge < -0.3 is 45.1 Å². The van der Waals surface area contributed by atoms with E-state index in [4.69, 9.17) is 14.2 Å². The van der Waals surface area contributed by atoms with Crippen LogP contribution in [-0.4, -0.2) is 100 Å². The van der Waals surface area contributed by atoms with Crippen molar-refractivity contribution in [1.29, 1.82) is 0 Å². The van der Waals surface area contributed by atoms with Crippen LogP contribution in [0.15, 0.2) is 36.5 Å². The van der Waals surface area contributed by atoms with Crippen molar-refractivity contribution >= 4 is 11.9 Å². The maximum Gasteiger partial charge on any atom is 0.305 e. The molecule has 1 heterocycles. The van der Waals surface area contributed by atoms with Gasteiger partial charge in [0.15, 0.2) is 6.29 Å². The van der Waals surface area contributed by atoms with Crippen LogP contribution in [0.5, 0.6) is 0 Å². The number of carbonyl (C=O) groups is 2. The van der Waals surface area contributed by atoms with E-state index < -0.39 is 49.5 Å². The van der Waals surface area contributed by atoms with E-state index in [1.807, 2.05) is 6.08 Å². The lowest BCUT2D eigenvalue weighted by atomic mass is 9.99. The number of amides is 1. The molecule has 1 rings (SSSR count). The molecule has 0 aromatic heterocycles. The van der Waals surface area contributed by atoms with Gasteiger partial charge in [0.2, 0.25) is 5.91 Å². The summed E-state index contributed by atoms with van der Waals surface area (Å²) in [5.41, 5.74) is 0. The number of nitrogens with one attached hydrogen (secondary N) is 1. The minimum Gasteiger partial charge on any atom is -0.466 e. The summed E-state index contributed by atoms with van der Waals surface area (Å²) < 4.78 is 16.8. The maximum atomic E-state index is 13.1. The van der Waals surface area contributed by atoms with Crippen LogP contribution in [0.2, 0.25) is 0 Å². The summed E-state index contributed by atoms with van der Waals surface area (Å²) in [4.78, 5) is 25.3. The predicted molar refractivity (Wildman–Crippen MR) is 426 cm³/mol. The SMILES string of the molecule is CCCCC/C=C\C/C=C\CCCCCCCCCCCC(=O)OCCCCCCCCCCCCCCCCCCCCCCCCCCCCCCCCCCCCCCCCCC(=O)NC(COC1OC(CO)C(O)C(O)C1O)C(O)/C=C/CCCCCCCCCCCCCC. The Balaban J connectivity index is 1.85. The standard InChI is InChI=1S/C89H169NO10/c1-3-5-7-9-11-13-15-17-19-20-42-46-49-53-57-61-65-69-73-77-85(94)98-78-74-70-66-62-58-54-50-47-44-41-39-37-35-33-31-29-27-25-23-21-22-24-26-28-30-32-34-36-38-40-43-45-48-52-56-60-64-68-72-76-84(93)90-81(80-99-89-88(97)87(96)86(95)83(79-91)100-89)82(92)75-71-67-63-59-55-51-18-16-14-12-10-8-6-4-2/h11,13,17,19,71,75,81-83,86-89,91-92,95-97H,3-10,12,14-16,18,20-70,72-74,76-80H2,1-2H3,(H,90,93)/b13-11-,19-17-,75-71+. The van der Waals surface area contributed by atoms with Crippen LogP contribution in [0, 0.1) is 0 Å². The second kappa shape index (κ2) is 78.0. The molecule has 100 heavy (non-hydrogen) atoms. The number of esters is 1. The van der Waals surface area contributed by atoms with Crippen LogP contribution < -0.4 is 5.32 Å². The minimum absolute atomic E-state index is 0.0155. The molecule has 1 saturated heterocycles. The second-order valence-electron chi connectivity index (χ2n) is 31.0. The molecule has 11 nitrogen and oxygen atoms in total. The largest absolute Gasteiger partial charge is 0.466 e. The van der Waals surface area contributed by atoms with Crippen molar-refractivity contribution in [2.45, 2.75) is 500 Å². The van der Waals surface area contributed by atoms with E-state index in [0.717, 1.165) is 64.2 Å². The van der Waals surface area contributed by atoms with Gasteiger partial charge in [-0.25, -0.2) is 0 Å². The number of rotatable bonds is 80. The highest BCUT2D eigenvalue weighted by Gasteiger charge is 2.44. The van der Waals surface area contributed by atoms with Gasteiger partial charge in [-0.15, -0.1) is 0 Å². The average molecular weight is 1410 g/mol. The Hall–Kier alpha value is -2.12. The number of aliphatic hydroxyl groups is 5. The lowest BCUT2D eigenvalue weighted by molar-refractivity contribution is -0.302. The van der Waals surface area contributed by atoms with Gasteiger partial charge in [0, 0.05) is 12.8 Å². The molecule has 1 fully saturated rings. The summed E-state index contributed by atoms with van der Waals surface area (Å²) in [5, 5.41) is 54.7. The Kier molecular flexibility index (Phi) is 74.8. The van der Waals surface area contributed by atoms with E-state index >= 15 is 0 Å². The highest BCUT2D eigenvalue weighted by atomic mass is 16.7. The van der Waals surface area contributed by atoms with Crippen LogP contribution >= 0.6 is 0 Å². The smallest absolute Gasteiger partial charge is 0.305 e. The van der Waals surface area contributed by atoms with Gasteiger partial charge in [-0.1, -0.05) is 416 Å². The number of ether oxygens (including phenoxy) is 3. The van der Waals surface area contributed by atoms with Crippen LogP contribution in [0.1, 0.15) is 457 Å². The highest BCUT2D eigenvalue weighted by molar-refractivity contribution is 5.76. The van der Waals surface area contributed by atoms with Crippen molar-refractivity contribution in [3.63, 3.8) is 0 Å². The first kappa shape index (κ1) is 95.9. The molecule has 0 aliphatic carbocycles. The van der Waals surface area contributed by atoms with E-state index in [9.17, 15) is 35.1 Å². The molecule has 11 heteroatoms. The molecule has 0 spiro atoms. The molecule has 0 aromatic rings. The number of allylic oxidation sites excluding steroid dienone is 5. The number of unbranched alkanes of at least 4 members (excludes halogenated alkanes) is 62. The summed E-state index contributed by atoms with van der Waals surface area (Å²) in [6.45, 7) is 4.39. The van der Waals surface area contributed by atoms with Crippen LogP contribution in [0.25, 0.3) is 0 Å². The topological polar surface area (TPSA) is 175 Å². The summed E-state index contributed by atoms with van der Waals surface area (Å²) >= 11 is 0. The number of aliphatic hydroxyl groups excluding tert-OH is 5. The third-order valence-corrected chi connectivity index (χ3v) is 21.2. The Morgan fingerprint density at radius 1 is 0.370 bits per heavy atom. The lowest BCUT2D eigenvalue weighted by Crippen LogP contribution is -2.60. The van der Waals surface area contributed by atoms with Gasteiger partial charge in [0.1, 0.15) is 24.4 Å². The monoisotopic (exact) mass is 1410 g/mol. The minimum atomic E-state index is -1.57. The maximum absolute atomic E-state index is 13.1. The zero-order chi connectivity index (χ0) is 72.2. The normalized spacial score (nSPS) is 17.2. The van der Waals surface area contributed by atoms with Gasteiger partial charge >= 0.3 is 5.97 Å². The van der Waals surface area contributed by atoms with Gasteiger partial charge in [-0.2, -0.15) is 0 Å². The number of hydrogen-bond donors (Lipinski definition) is 6. The molecule has 1 aliphatic rings. The molecule has 0 radical (unpaired) electrons. The predicted octanol–water partition coefficient (Wildman–Crippen LogP) is 24.8. The third-order valence-electron chi connectivity index (χ3n) is 21.2. The Morgan fingerprint density at radius 3 is 1.03 bits per heavy atom. The first-order valence-electron chi connectivity index (χ1n) is 44.3. The summed E-state index contributed by atoms with van der Waals surface area (Å²) in [7, 11) is 0. The average Bonchev–Trinajstić information content (AvgIpc) is 0.822. The molecule has 0 aromatic carbocycles. The van der Waals surface area contributed by atoms with Crippen molar-refractivity contribution < 1.29 is 49.3 Å². The Labute approximate surface area is 619 Å². The summed E-state index contributed by atoms with van der Waals surface area (Å²) in [6, 6.07) is -0.806. The van der Waals surface area contributed by atoms with Crippen LogP contribution in [0.4, 0.5) is 0 Å². The fourth-order valence-electron chi connectivity index (χ4n) is 14.4. The van der Waals surface area contributed by atoms with Gasteiger partial charge in [0.25, 0.3) is 0 Å². The lowest BCUT2D eigenvalue weighted by Gasteiger charge is -2.40. The molecular formula is C89H169NO10. The van der Waals surface area contributed by atoms with Gasteiger partial charge in [-0.3, -0.25) is 9.59 Å². The van der Waals surface area contributed by atoms with E-state index in [0.29, 0.717) is 19.4 Å². The molecule has 7 atom stereocenters. The quantitative estimate of drug-likeness (QED) is 0.0195. The molecule has 0 bridgehead atoms. The highest BCUT2D eigenvalue weighted by Crippen LogP contribution is 2.24. The molecule has 1 amide bonds. The number of hydrogen-bond acceptors (Lipinski definition) is 10. The first-order valence-corrected chi connectivity index (χ1v) is 44.3. The van der Waals surface area contributed by atoms with E-state index in [1.54, 1.807) is 6.08 Å². The fraction of sp³-hybridized carbons (Fsp3) is 0.910. The molecule has 0 saturated carbocycles. The van der Waals surface area contributed by atoms with E-state index in [-0.39, 0.29) is 18.5 Å². The van der Waals surface area contributed by atoms with Crippen molar-refractivity contribution in [2.24, 2.45) is 0 Å². The second-order valence-corrected chi connectivity index (χ2v) is 31.0. The van der Waals surface area contributed by atoms with E-state index in [1.165, 1.54) is 366 Å². The first-order chi connectivity index (χ1) is 49.2. The third kappa shape index (κ3) is 65.4. The van der Waals surface area contributed by atoms with Gasteiger partial charge in [-0.05, 0) is 64.2 Å². The summed E-state index contributed by atoms with van der Waals surface area (Å²) in [6.07, 6.45) is 93.5. The molecule has 1 aliphatic heterocycles. The molecule has 590 valence electrons. The fourth-order valence-corrected chi connectivity index (χ4v) is 14.4. The van der Waals surface area contributed by atoms with E-state index in [2.05, 4.69) is 43.5 Å². The zero-order valence-electron chi connectivity index (χ0n) is 66.2. The summed E-state index contributed by atoms with van der Waals surface area (Å²) in [5.74, 6) is -0.156. The Bertz CT molecular complexity index is 1760. The van der Waals surface area contributed by atoms with Crippen LogP contribution in [-0.2, 0) is 23.8 Å². The van der Waals surface area contributed by atoms with Gasteiger partial charge in [0.05, 0.1) is 32.0 Å². The zero-order valence-corrected chi connectivity index (χ0v) is 66.2. The van der Waals surface area contributed by atoms with Crippen molar-refractivity contribution in [2.75, 3.05) is 19.8 Å². The van der Waals surface area contributed by atoms with Crippen molar-refractivity contribution in [3.05, 3.63) is 36.5 Å². The molecule has 7 unspecified atom stereocenters.